The minimum Gasteiger partial charge on any atom is -0.455 e. The predicted molar refractivity (Wildman–Crippen MR) is 104 cm³/mol. The Hall–Kier alpha value is -2.22. The Morgan fingerprint density at radius 2 is 2.08 bits per heavy atom. The lowest BCUT2D eigenvalue weighted by Gasteiger charge is -2.00. The Morgan fingerprint density at radius 3 is 2.76 bits per heavy atom. The Morgan fingerprint density at radius 1 is 1.28 bits per heavy atom. The van der Waals surface area contributed by atoms with Crippen molar-refractivity contribution in [3.8, 4) is 11.3 Å². The molecule has 0 saturated heterocycles. The van der Waals surface area contributed by atoms with Crippen molar-refractivity contribution in [2.24, 2.45) is 5.10 Å². The zero-order valence-corrected chi connectivity index (χ0v) is 15.6. The maximum absolute atomic E-state index is 5.98. The van der Waals surface area contributed by atoms with Crippen molar-refractivity contribution in [3.63, 3.8) is 0 Å². The molecule has 0 bridgehead atoms. The molecule has 0 radical (unpaired) electrons. The third-order valence-electron chi connectivity index (χ3n) is 3.17. The first-order chi connectivity index (χ1) is 11.2. The fourth-order valence-electron chi connectivity index (χ4n) is 2.01. The Bertz CT molecular complexity index is 845. The quantitative estimate of drug-likeness (QED) is 0.384. The van der Waals surface area contributed by atoms with Gasteiger partial charge in [0.25, 0.3) is 5.95 Å². The molecule has 0 unspecified atom stereocenters. The molecule has 2 aromatic heterocycles. The molecular weight excluding hydrogens is 387 g/mol. The van der Waals surface area contributed by atoms with Crippen LogP contribution in [0.15, 0.2) is 45.9 Å². The lowest BCUT2D eigenvalue weighted by molar-refractivity contribution is 0.575. The summed E-state index contributed by atoms with van der Waals surface area (Å²) in [5.74, 6) is 8.14. The van der Waals surface area contributed by atoms with E-state index in [1.54, 1.807) is 0 Å². The molecule has 2 heterocycles. The number of nitrogens with one attached hydrogen (secondary N) is 1. The highest BCUT2D eigenvalue weighted by Crippen LogP contribution is 2.24. The summed E-state index contributed by atoms with van der Waals surface area (Å²) in [7, 11) is 0. The van der Waals surface area contributed by atoms with Gasteiger partial charge < -0.3 is 10.3 Å². The van der Waals surface area contributed by atoms with Gasteiger partial charge in [0.2, 0.25) is 0 Å². The van der Waals surface area contributed by atoms with Crippen LogP contribution in [-0.2, 0) is 6.42 Å². The van der Waals surface area contributed by atoms with Crippen molar-refractivity contribution >= 4 is 48.6 Å². The minimum absolute atomic E-state index is 0. The van der Waals surface area contributed by atoms with Crippen molar-refractivity contribution < 1.29 is 4.42 Å². The van der Waals surface area contributed by atoms with Crippen molar-refractivity contribution in [2.75, 3.05) is 11.3 Å². The molecule has 25 heavy (non-hydrogen) atoms. The zero-order valence-electron chi connectivity index (χ0n) is 13.2. The molecule has 0 spiro atoms. The smallest absolute Gasteiger partial charge is 0.263 e. The molecule has 0 atom stereocenters. The number of hydrogen-bond donors (Lipinski definition) is 2. The number of furan rings is 1. The Kier molecular flexibility index (Phi) is 7.76. The lowest BCUT2D eigenvalue weighted by atomic mass is 10.2. The van der Waals surface area contributed by atoms with Crippen LogP contribution < -0.4 is 11.3 Å². The molecule has 0 aliphatic heterocycles. The van der Waals surface area contributed by atoms with Crippen LogP contribution in [0.3, 0.4) is 0 Å². The average molecular weight is 404 g/mol. The van der Waals surface area contributed by atoms with Crippen LogP contribution in [0.25, 0.3) is 11.3 Å². The number of aromatic nitrogens is 3. The van der Waals surface area contributed by atoms with E-state index >= 15 is 0 Å². The molecule has 7 nitrogen and oxygen atoms in total. The van der Waals surface area contributed by atoms with Gasteiger partial charge in [0.1, 0.15) is 11.5 Å². The standard InChI is InChI=1S/C15H15ClN6O.2ClH/c1-2-14-19-21-15(22(14)17)20-18-9-12-6-7-13(23-12)10-4-3-5-11(16)8-10;;/h3-9H,2,17H2,1H3,(H,20,21);2*1H. The van der Waals surface area contributed by atoms with Crippen LogP contribution in [-0.4, -0.2) is 21.1 Å². The van der Waals surface area contributed by atoms with Crippen LogP contribution in [0.1, 0.15) is 18.5 Å². The molecule has 1 aromatic carbocycles. The molecule has 0 saturated carbocycles. The third kappa shape index (κ3) is 4.88. The number of hydrazone groups is 1. The highest BCUT2D eigenvalue weighted by Gasteiger charge is 2.06. The number of benzene rings is 1. The van der Waals surface area contributed by atoms with Gasteiger partial charge in [-0.15, -0.1) is 35.0 Å². The van der Waals surface area contributed by atoms with Crippen molar-refractivity contribution in [1.82, 2.24) is 14.9 Å². The van der Waals surface area contributed by atoms with Gasteiger partial charge in [0.15, 0.2) is 5.82 Å². The highest BCUT2D eigenvalue weighted by atomic mass is 35.5. The van der Waals surface area contributed by atoms with E-state index < -0.39 is 0 Å². The molecule has 134 valence electrons. The summed E-state index contributed by atoms with van der Waals surface area (Å²) in [5, 5.41) is 12.5. The van der Waals surface area contributed by atoms with Gasteiger partial charge in [-0.25, -0.2) is 10.1 Å². The largest absolute Gasteiger partial charge is 0.455 e. The normalized spacial score (nSPS) is 10.3. The number of rotatable bonds is 5. The van der Waals surface area contributed by atoms with E-state index in [0.29, 0.717) is 34.7 Å². The van der Waals surface area contributed by atoms with Gasteiger partial charge in [-0.2, -0.15) is 5.10 Å². The molecule has 3 aromatic rings. The van der Waals surface area contributed by atoms with Gasteiger partial charge in [0.05, 0.1) is 6.21 Å². The van der Waals surface area contributed by atoms with Crippen LogP contribution in [0, 0.1) is 0 Å². The molecule has 0 aliphatic carbocycles. The second-order valence-corrected chi connectivity index (χ2v) is 5.18. The van der Waals surface area contributed by atoms with Gasteiger partial charge in [-0.1, -0.05) is 30.7 Å². The number of nitrogen functional groups attached to an aromatic ring is 1. The van der Waals surface area contributed by atoms with Gasteiger partial charge in [0, 0.05) is 17.0 Å². The number of nitrogens with zero attached hydrogens (tertiary/aromatic N) is 4. The van der Waals surface area contributed by atoms with Gasteiger partial charge in [-0.3, -0.25) is 0 Å². The third-order valence-corrected chi connectivity index (χ3v) is 3.41. The molecule has 0 fully saturated rings. The summed E-state index contributed by atoms with van der Waals surface area (Å²) in [5.41, 5.74) is 3.63. The van der Waals surface area contributed by atoms with E-state index in [1.165, 1.54) is 10.9 Å². The van der Waals surface area contributed by atoms with E-state index in [9.17, 15) is 0 Å². The van der Waals surface area contributed by atoms with Crippen LogP contribution >= 0.6 is 36.4 Å². The highest BCUT2D eigenvalue weighted by molar-refractivity contribution is 6.30. The summed E-state index contributed by atoms with van der Waals surface area (Å²) < 4.78 is 7.06. The van der Waals surface area contributed by atoms with Crippen molar-refractivity contribution in [2.45, 2.75) is 13.3 Å². The van der Waals surface area contributed by atoms with Crippen molar-refractivity contribution in [3.05, 3.63) is 53.0 Å². The monoisotopic (exact) mass is 402 g/mol. The van der Waals surface area contributed by atoms with Gasteiger partial charge >= 0.3 is 0 Å². The van der Waals surface area contributed by atoms with E-state index in [1.807, 2.05) is 43.3 Å². The van der Waals surface area contributed by atoms with E-state index in [4.69, 9.17) is 21.9 Å². The molecular formula is C15H17Cl3N6O. The fraction of sp³-hybridized carbons (Fsp3) is 0.133. The number of anilines is 1. The minimum atomic E-state index is 0. The molecule has 0 aliphatic rings. The SMILES string of the molecule is CCc1nnc(NN=Cc2ccc(-c3cccc(Cl)c3)o2)n1N.Cl.Cl. The summed E-state index contributed by atoms with van der Waals surface area (Å²) >= 11 is 5.98. The first-order valence-corrected chi connectivity index (χ1v) is 7.39. The van der Waals surface area contributed by atoms with E-state index in [2.05, 4.69) is 20.7 Å². The molecule has 10 heteroatoms. The second kappa shape index (κ2) is 9.31. The van der Waals surface area contributed by atoms with Crippen LogP contribution in [0.5, 0.6) is 0 Å². The average Bonchev–Trinajstić information content (AvgIpc) is 3.15. The first kappa shape index (κ1) is 20.8. The molecule has 0 amide bonds. The van der Waals surface area contributed by atoms with Crippen LogP contribution in [0.2, 0.25) is 5.02 Å². The number of aryl methyl sites for hydroxylation is 1. The summed E-state index contributed by atoms with van der Waals surface area (Å²) in [4.78, 5) is 0. The maximum atomic E-state index is 5.98. The lowest BCUT2D eigenvalue weighted by Crippen LogP contribution is -2.14. The van der Waals surface area contributed by atoms with E-state index in [0.717, 1.165) is 5.56 Å². The maximum Gasteiger partial charge on any atom is 0.263 e. The second-order valence-electron chi connectivity index (χ2n) is 4.75. The molecule has 3 rings (SSSR count). The van der Waals surface area contributed by atoms with Crippen molar-refractivity contribution in [1.29, 1.82) is 0 Å². The summed E-state index contributed by atoms with van der Waals surface area (Å²) in [6.07, 6.45) is 2.23. The number of nitrogens with two attached hydrogens (primary N) is 1. The summed E-state index contributed by atoms with van der Waals surface area (Å²) in [6, 6.07) is 11.1. The first-order valence-electron chi connectivity index (χ1n) is 7.01. The molecule has 3 N–H and O–H groups in total. The zero-order chi connectivity index (χ0) is 16.2. The van der Waals surface area contributed by atoms with Crippen LogP contribution in [0.4, 0.5) is 5.95 Å². The Balaban J connectivity index is 0.00000156. The number of hydrogen-bond acceptors (Lipinski definition) is 6. The topological polar surface area (TPSA) is 94.3 Å². The van der Waals surface area contributed by atoms with E-state index in [-0.39, 0.29) is 24.8 Å². The Labute approximate surface area is 162 Å². The van der Waals surface area contributed by atoms with Gasteiger partial charge in [-0.05, 0) is 24.3 Å². The fourth-order valence-corrected chi connectivity index (χ4v) is 2.20. The number of halogens is 3. The summed E-state index contributed by atoms with van der Waals surface area (Å²) in [6.45, 7) is 1.95. The predicted octanol–water partition coefficient (Wildman–Crippen LogP) is 3.76.